The third-order valence-corrected chi connectivity index (χ3v) is 2.89. The number of imidazole rings is 1. The van der Waals surface area contributed by atoms with E-state index >= 15 is 0 Å². The molecule has 0 aromatic carbocycles. The van der Waals surface area contributed by atoms with Gasteiger partial charge in [0.1, 0.15) is 5.56 Å². The minimum atomic E-state index is -0.422. The van der Waals surface area contributed by atoms with Crippen LogP contribution in [-0.4, -0.2) is 31.5 Å². The van der Waals surface area contributed by atoms with E-state index in [0.29, 0.717) is 17.9 Å². The van der Waals surface area contributed by atoms with Crippen LogP contribution in [0, 0.1) is 0 Å². The van der Waals surface area contributed by atoms with E-state index in [0.717, 1.165) is 0 Å². The van der Waals surface area contributed by atoms with Crippen LogP contribution in [0.5, 0.6) is 0 Å². The Morgan fingerprint density at radius 3 is 2.68 bits per heavy atom. The molecular weight excluding hydrogens is 248 g/mol. The van der Waals surface area contributed by atoms with Crippen molar-refractivity contribution >= 4 is 5.97 Å². The van der Waals surface area contributed by atoms with E-state index in [1.165, 1.54) is 15.3 Å². The lowest BCUT2D eigenvalue weighted by Crippen LogP contribution is -2.24. The van der Waals surface area contributed by atoms with Gasteiger partial charge in [-0.2, -0.15) is 5.10 Å². The van der Waals surface area contributed by atoms with Crippen LogP contribution in [0.1, 0.15) is 23.0 Å². The summed E-state index contributed by atoms with van der Waals surface area (Å²) in [5.74, 6) is -0.422. The molecule has 0 saturated carbocycles. The summed E-state index contributed by atoms with van der Waals surface area (Å²) in [5, 5.41) is 4.05. The first-order valence-electron chi connectivity index (χ1n) is 5.94. The Labute approximate surface area is 110 Å². The van der Waals surface area contributed by atoms with Gasteiger partial charge in [0.25, 0.3) is 0 Å². The molecular formula is C12H16N4O3. The maximum Gasteiger partial charge on any atom is 0.341 e. The first kappa shape index (κ1) is 13.1. The number of hydrogen-bond acceptors (Lipinski definition) is 4. The van der Waals surface area contributed by atoms with Crippen molar-refractivity contribution in [3.05, 3.63) is 40.3 Å². The third kappa shape index (κ3) is 2.44. The second-order valence-corrected chi connectivity index (χ2v) is 4.17. The van der Waals surface area contributed by atoms with Crippen molar-refractivity contribution in [1.82, 2.24) is 18.9 Å². The number of carbonyl (C=O) groups is 1. The molecule has 0 amide bonds. The molecule has 7 heteroatoms. The molecule has 2 aromatic heterocycles. The van der Waals surface area contributed by atoms with Gasteiger partial charge in [-0.25, -0.2) is 9.59 Å². The van der Waals surface area contributed by atoms with Crippen molar-refractivity contribution in [3.63, 3.8) is 0 Å². The minimum Gasteiger partial charge on any atom is -0.462 e. The summed E-state index contributed by atoms with van der Waals surface area (Å²) in [6.45, 7) is 2.33. The van der Waals surface area contributed by atoms with Crippen LogP contribution >= 0.6 is 0 Å². The molecule has 2 aromatic rings. The maximum atomic E-state index is 11.8. The summed E-state index contributed by atoms with van der Waals surface area (Å²) in [6, 6.07) is 0. The Morgan fingerprint density at radius 2 is 2.11 bits per heavy atom. The second kappa shape index (κ2) is 5.13. The minimum absolute atomic E-state index is 0.143. The van der Waals surface area contributed by atoms with E-state index in [9.17, 15) is 9.59 Å². The summed E-state index contributed by atoms with van der Waals surface area (Å²) < 4.78 is 9.53. The normalized spacial score (nSPS) is 10.7. The largest absolute Gasteiger partial charge is 0.462 e. The van der Waals surface area contributed by atoms with Crippen molar-refractivity contribution in [2.75, 3.05) is 6.61 Å². The van der Waals surface area contributed by atoms with Gasteiger partial charge in [-0.3, -0.25) is 9.25 Å². The highest BCUT2D eigenvalue weighted by molar-refractivity contribution is 5.90. The molecule has 0 N–H and O–H groups in total. The van der Waals surface area contributed by atoms with Gasteiger partial charge in [-0.05, 0) is 6.92 Å². The van der Waals surface area contributed by atoms with Crippen molar-refractivity contribution in [2.45, 2.75) is 13.5 Å². The van der Waals surface area contributed by atoms with Crippen LogP contribution < -0.4 is 5.69 Å². The first-order valence-corrected chi connectivity index (χ1v) is 5.94. The molecule has 0 bridgehead atoms. The number of carbonyl (C=O) groups excluding carboxylic acids is 1. The monoisotopic (exact) mass is 264 g/mol. The maximum absolute atomic E-state index is 11.8. The number of ether oxygens (including phenoxy) is 1. The fourth-order valence-corrected chi connectivity index (χ4v) is 1.82. The Morgan fingerprint density at radius 1 is 1.37 bits per heavy atom. The van der Waals surface area contributed by atoms with Crippen LogP contribution in [0.4, 0.5) is 0 Å². The highest BCUT2D eigenvalue weighted by atomic mass is 16.5. The number of nitrogens with zero attached hydrogens (tertiary/aromatic N) is 4. The topological polar surface area (TPSA) is 71.0 Å². The van der Waals surface area contributed by atoms with Crippen LogP contribution in [0.25, 0.3) is 0 Å². The zero-order valence-corrected chi connectivity index (χ0v) is 11.2. The van der Waals surface area contributed by atoms with E-state index in [4.69, 9.17) is 4.74 Å². The first-order chi connectivity index (χ1) is 9.04. The van der Waals surface area contributed by atoms with Crippen LogP contribution in [-0.2, 0) is 25.4 Å². The van der Waals surface area contributed by atoms with E-state index in [1.54, 1.807) is 38.1 Å². The number of esters is 1. The Kier molecular flexibility index (Phi) is 3.55. The van der Waals surface area contributed by atoms with E-state index in [1.807, 2.05) is 0 Å². The Bertz CT molecular complexity index is 650. The van der Waals surface area contributed by atoms with E-state index < -0.39 is 5.97 Å². The zero-order valence-electron chi connectivity index (χ0n) is 11.2. The number of hydrogen-bond donors (Lipinski definition) is 0. The number of aryl methyl sites for hydroxylation is 2. The van der Waals surface area contributed by atoms with Crippen LogP contribution in [0.2, 0.25) is 0 Å². The van der Waals surface area contributed by atoms with Gasteiger partial charge in [0.05, 0.1) is 25.0 Å². The predicted molar refractivity (Wildman–Crippen MR) is 67.9 cm³/mol. The molecule has 0 radical (unpaired) electrons. The van der Waals surface area contributed by atoms with E-state index in [-0.39, 0.29) is 12.2 Å². The van der Waals surface area contributed by atoms with Gasteiger partial charge in [0.2, 0.25) is 0 Å². The molecule has 0 unspecified atom stereocenters. The van der Waals surface area contributed by atoms with Crippen molar-refractivity contribution < 1.29 is 9.53 Å². The predicted octanol–water partition coefficient (Wildman–Crippen LogP) is 0.145. The molecule has 0 fully saturated rings. The molecule has 0 aliphatic heterocycles. The molecule has 2 heterocycles. The standard InChI is InChI=1S/C12H16N4O3/c1-4-19-11(17)9-7-13-15(3)10(9)8-16-6-5-14(2)12(16)18/h5-7H,4,8H2,1-3H3. The highest BCUT2D eigenvalue weighted by Crippen LogP contribution is 2.10. The lowest BCUT2D eigenvalue weighted by atomic mass is 10.2. The van der Waals surface area contributed by atoms with Crippen LogP contribution in [0.15, 0.2) is 23.4 Å². The summed E-state index contributed by atoms with van der Waals surface area (Å²) >= 11 is 0. The lowest BCUT2D eigenvalue weighted by molar-refractivity contribution is 0.0524. The molecule has 0 aliphatic carbocycles. The average molecular weight is 264 g/mol. The average Bonchev–Trinajstić information content (AvgIpc) is 2.88. The van der Waals surface area contributed by atoms with E-state index in [2.05, 4.69) is 5.10 Å². The summed E-state index contributed by atoms with van der Waals surface area (Å²) in [4.78, 5) is 23.6. The Hall–Kier alpha value is -2.31. The molecule has 2 rings (SSSR count). The van der Waals surface area contributed by atoms with Crippen molar-refractivity contribution in [2.24, 2.45) is 14.1 Å². The Balaban J connectivity index is 2.35. The molecule has 0 spiro atoms. The summed E-state index contributed by atoms with van der Waals surface area (Å²) in [6.07, 6.45) is 4.80. The molecule has 0 aliphatic rings. The van der Waals surface area contributed by atoms with Gasteiger partial charge >= 0.3 is 11.7 Å². The molecule has 19 heavy (non-hydrogen) atoms. The zero-order chi connectivity index (χ0) is 14.0. The van der Waals surface area contributed by atoms with Gasteiger partial charge in [0, 0.05) is 26.5 Å². The molecule has 0 saturated heterocycles. The van der Waals surface area contributed by atoms with Crippen molar-refractivity contribution in [3.8, 4) is 0 Å². The molecule has 102 valence electrons. The fraction of sp³-hybridized carbons (Fsp3) is 0.417. The van der Waals surface area contributed by atoms with Gasteiger partial charge in [0.15, 0.2) is 0 Å². The molecule has 0 atom stereocenters. The number of aromatic nitrogens is 4. The quantitative estimate of drug-likeness (QED) is 0.737. The lowest BCUT2D eigenvalue weighted by Gasteiger charge is -2.06. The highest BCUT2D eigenvalue weighted by Gasteiger charge is 2.18. The smallest absolute Gasteiger partial charge is 0.341 e. The second-order valence-electron chi connectivity index (χ2n) is 4.17. The fourth-order valence-electron chi connectivity index (χ4n) is 1.82. The van der Waals surface area contributed by atoms with Crippen molar-refractivity contribution in [1.29, 1.82) is 0 Å². The van der Waals surface area contributed by atoms with Gasteiger partial charge in [-0.15, -0.1) is 0 Å². The summed E-state index contributed by atoms with van der Waals surface area (Å²) in [5.41, 5.74) is 0.892. The van der Waals surface area contributed by atoms with Gasteiger partial charge < -0.3 is 9.30 Å². The number of rotatable bonds is 4. The summed E-state index contributed by atoms with van der Waals surface area (Å²) in [7, 11) is 3.40. The molecule has 7 nitrogen and oxygen atoms in total. The third-order valence-electron chi connectivity index (χ3n) is 2.89. The van der Waals surface area contributed by atoms with Gasteiger partial charge in [-0.1, -0.05) is 0 Å². The SMILES string of the molecule is CCOC(=O)c1cnn(C)c1Cn1ccn(C)c1=O. The van der Waals surface area contributed by atoms with Crippen LogP contribution in [0.3, 0.4) is 0 Å².